The Hall–Kier alpha value is -0.770. The normalized spacial score (nSPS) is 11.2. The summed E-state index contributed by atoms with van der Waals surface area (Å²) >= 11 is 0. The molecule has 0 aliphatic heterocycles. The van der Waals surface area contributed by atoms with Crippen LogP contribution in [0, 0.1) is 0 Å². The molecule has 0 aliphatic rings. The average molecular weight is 486 g/mol. The van der Waals surface area contributed by atoms with E-state index in [2.05, 4.69) is 32.6 Å². The third-order valence-corrected chi connectivity index (χ3v) is 7.07. The van der Waals surface area contributed by atoms with Crippen LogP contribution in [0.2, 0.25) is 0 Å². The molecule has 0 saturated heterocycles. The molecule has 4 heteroatoms. The summed E-state index contributed by atoms with van der Waals surface area (Å²) < 4.78 is 4.92. The largest absolute Gasteiger partial charge is 0.553 e. The Bertz CT molecular complexity index is 355. The zero-order chi connectivity index (χ0) is 25.8. The van der Waals surface area contributed by atoms with E-state index in [4.69, 9.17) is 9.90 Å². The maximum Gasteiger partial charge on any atom is 0.251 e. The highest BCUT2D eigenvalue weighted by Gasteiger charge is 2.20. The fraction of sp³-hybridized carbons (Fsp3) is 0.967. The van der Waals surface area contributed by atoms with Crippen molar-refractivity contribution in [2.24, 2.45) is 0 Å². The Morgan fingerprint density at radius 1 is 0.529 bits per heavy atom. The van der Waals surface area contributed by atoms with Gasteiger partial charge in [-0.25, -0.2) is 0 Å². The highest BCUT2D eigenvalue weighted by Crippen LogP contribution is 2.16. The number of carbonyl (C=O) groups excluding carboxylic acids is 1. The number of ether oxygens (including phenoxy) is 1. The van der Waals surface area contributed by atoms with Crippen LogP contribution >= 0.6 is 0 Å². The highest BCUT2D eigenvalue weighted by molar-refractivity contribution is 5.53. The van der Waals surface area contributed by atoms with Gasteiger partial charge in [0.1, 0.15) is 0 Å². The molecule has 0 amide bonds. The van der Waals surface area contributed by atoms with Crippen molar-refractivity contribution in [3.05, 3.63) is 0 Å². The first-order valence-electron chi connectivity index (χ1n) is 15.0. The van der Waals surface area contributed by atoms with Crippen LogP contribution in [0.4, 0.5) is 4.79 Å². The number of nitrogens with zero attached hydrogens (tertiary/aromatic N) is 1. The molecule has 0 N–H and O–H groups in total. The smallest absolute Gasteiger partial charge is 0.251 e. The standard InChI is InChI=1S/C28H60N.C2H4O3/c1-5-8-11-14-17-20-23-26-29(4,27-24-21-18-15-12-9-6-2)28-25-22-19-16-13-10-7-3;1-5-2(3)4/h5-28H2,1-4H3;1H3,(H,3,4)/q+1;/p-1. The fourth-order valence-corrected chi connectivity index (χ4v) is 4.69. The van der Waals surface area contributed by atoms with Crippen LogP contribution in [0.15, 0.2) is 0 Å². The van der Waals surface area contributed by atoms with E-state index in [9.17, 15) is 0 Å². The van der Waals surface area contributed by atoms with Crippen LogP contribution in [0.5, 0.6) is 0 Å². The Labute approximate surface area is 214 Å². The molecule has 0 atom stereocenters. The number of methoxy groups -OCH3 is 1. The molecule has 0 heterocycles. The summed E-state index contributed by atoms with van der Waals surface area (Å²) in [5.41, 5.74) is 0. The van der Waals surface area contributed by atoms with E-state index < -0.39 is 6.16 Å². The quantitative estimate of drug-likeness (QED) is 0.0780. The molecule has 0 fully saturated rings. The zero-order valence-corrected chi connectivity index (χ0v) is 24.1. The van der Waals surface area contributed by atoms with Gasteiger partial charge in [0.15, 0.2) is 0 Å². The number of hydrogen-bond donors (Lipinski definition) is 0. The maximum atomic E-state index is 9.03. The molecule has 0 spiro atoms. The summed E-state index contributed by atoms with van der Waals surface area (Å²) in [6.07, 6.45) is 28.8. The molecule has 0 saturated carbocycles. The van der Waals surface area contributed by atoms with Gasteiger partial charge in [0.05, 0.1) is 26.7 Å². The van der Waals surface area contributed by atoms with Gasteiger partial charge < -0.3 is 19.1 Å². The molecule has 4 nitrogen and oxygen atoms in total. The third kappa shape index (κ3) is 29.3. The van der Waals surface area contributed by atoms with Crippen molar-refractivity contribution in [3.8, 4) is 0 Å². The Morgan fingerprint density at radius 2 is 0.735 bits per heavy atom. The van der Waals surface area contributed by atoms with Crippen LogP contribution in [-0.4, -0.2) is 44.4 Å². The Balaban J connectivity index is 0. The van der Waals surface area contributed by atoms with Crippen molar-refractivity contribution >= 4 is 6.16 Å². The molecule has 34 heavy (non-hydrogen) atoms. The second kappa shape index (κ2) is 28.5. The van der Waals surface area contributed by atoms with E-state index in [1.807, 2.05) is 0 Å². The second-order valence-corrected chi connectivity index (χ2v) is 10.6. The van der Waals surface area contributed by atoms with Gasteiger partial charge in [-0.3, -0.25) is 0 Å². The lowest BCUT2D eigenvalue weighted by atomic mass is 10.1. The third-order valence-electron chi connectivity index (χ3n) is 7.07. The lowest BCUT2D eigenvalue weighted by Gasteiger charge is -2.35. The molecule has 0 radical (unpaired) electrons. The van der Waals surface area contributed by atoms with Gasteiger partial charge in [-0.05, 0) is 38.5 Å². The van der Waals surface area contributed by atoms with E-state index in [0.29, 0.717) is 0 Å². The van der Waals surface area contributed by atoms with Gasteiger partial charge in [-0.15, -0.1) is 0 Å². The van der Waals surface area contributed by atoms with Gasteiger partial charge in [-0.2, -0.15) is 0 Å². The first kappa shape index (κ1) is 35.4. The fourth-order valence-electron chi connectivity index (χ4n) is 4.69. The van der Waals surface area contributed by atoms with Gasteiger partial charge in [0.25, 0.3) is 6.16 Å². The van der Waals surface area contributed by atoms with Gasteiger partial charge >= 0.3 is 0 Å². The second-order valence-electron chi connectivity index (χ2n) is 10.6. The van der Waals surface area contributed by atoms with E-state index in [0.717, 1.165) is 7.11 Å². The van der Waals surface area contributed by atoms with Crippen molar-refractivity contribution < 1.29 is 19.1 Å². The number of quaternary nitrogens is 1. The van der Waals surface area contributed by atoms with E-state index in [-0.39, 0.29) is 0 Å². The summed E-state index contributed by atoms with van der Waals surface area (Å²) in [6, 6.07) is 0. The lowest BCUT2D eigenvalue weighted by molar-refractivity contribution is -0.910. The van der Waals surface area contributed by atoms with Gasteiger partial charge in [-0.1, -0.05) is 117 Å². The summed E-state index contributed by atoms with van der Waals surface area (Å²) in [6.45, 7) is 11.2. The molecule has 0 aliphatic carbocycles. The predicted octanol–water partition coefficient (Wildman–Crippen LogP) is 8.66. The number of carboxylic acid groups (broad SMARTS) is 1. The summed E-state index contributed by atoms with van der Waals surface area (Å²) in [4.78, 5) is 9.03. The zero-order valence-electron chi connectivity index (χ0n) is 24.1. The minimum Gasteiger partial charge on any atom is -0.553 e. The molecule has 0 unspecified atom stereocenters. The molecule has 0 aromatic rings. The van der Waals surface area contributed by atoms with E-state index >= 15 is 0 Å². The molecule has 0 bridgehead atoms. The first-order valence-corrected chi connectivity index (χ1v) is 15.0. The lowest BCUT2D eigenvalue weighted by Crippen LogP contribution is -2.46. The van der Waals surface area contributed by atoms with Crippen molar-refractivity contribution in [1.82, 2.24) is 0 Å². The molecule has 206 valence electrons. The van der Waals surface area contributed by atoms with Crippen LogP contribution in [0.1, 0.15) is 156 Å². The topological polar surface area (TPSA) is 49.4 Å². The summed E-state index contributed by atoms with van der Waals surface area (Å²) in [5, 5.41) is 9.03. The van der Waals surface area contributed by atoms with Crippen LogP contribution in [-0.2, 0) is 4.74 Å². The van der Waals surface area contributed by atoms with E-state index in [1.165, 1.54) is 159 Å². The SMILES string of the molecule is CCCCCCCCC[N+](C)(CCCCCCCCC)CCCCCCCCC.COC(=O)[O-]. The maximum absolute atomic E-state index is 9.03. The summed E-state index contributed by atoms with van der Waals surface area (Å²) in [5.74, 6) is 0. The van der Waals surface area contributed by atoms with Crippen LogP contribution < -0.4 is 5.11 Å². The van der Waals surface area contributed by atoms with Crippen molar-refractivity contribution in [3.63, 3.8) is 0 Å². The Morgan fingerprint density at radius 3 is 0.941 bits per heavy atom. The van der Waals surface area contributed by atoms with Crippen molar-refractivity contribution in [2.75, 3.05) is 33.8 Å². The van der Waals surface area contributed by atoms with Crippen LogP contribution in [0.3, 0.4) is 0 Å². The summed E-state index contributed by atoms with van der Waals surface area (Å²) in [7, 11) is 3.61. The number of unbranched alkanes of at least 4 members (excludes halogenated alkanes) is 18. The van der Waals surface area contributed by atoms with Crippen molar-refractivity contribution in [1.29, 1.82) is 0 Å². The van der Waals surface area contributed by atoms with Crippen LogP contribution in [0.25, 0.3) is 0 Å². The monoisotopic (exact) mass is 485 g/mol. The molecule has 0 aromatic heterocycles. The number of carbonyl (C=O) groups is 1. The minimum atomic E-state index is -1.50. The molecule has 0 rings (SSSR count). The van der Waals surface area contributed by atoms with Crippen molar-refractivity contribution in [2.45, 2.75) is 156 Å². The first-order chi connectivity index (χ1) is 16.5. The number of rotatable bonds is 24. The average Bonchev–Trinajstić information content (AvgIpc) is 2.83. The minimum absolute atomic E-state index is 1.04. The highest BCUT2D eigenvalue weighted by atomic mass is 16.6. The van der Waals surface area contributed by atoms with E-state index in [1.54, 1.807) is 0 Å². The van der Waals surface area contributed by atoms with Gasteiger partial charge in [0, 0.05) is 7.11 Å². The predicted molar refractivity (Wildman–Crippen MR) is 147 cm³/mol. The molecule has 0 aromatic carbocycles. The van der Waals surface area contributed by atoms with Gasteiger partial charge in [0.2, 0.25) is 0 Å². The Kier molecular flexibility index (Phi) is 29.6. The molecular weight excluding hydrogens is 422 g/mol. The number of hydrogen-bond acceptors (Lipinski definition) is 3. The molecular formula is C30H63NO3.